The monoisotopic (exact) mass is 603 g/mol. The van der Waals surface area contributed by atoms with Crippen LogP contribution in [0.3, 0.4) is 0 Å². The summed E-state index contributed by atoms with van der Waals surface area (Å²) in [5.41, 5.74) is 2.78. The molecule has 3 aliphatic rings. The molecule has 2 aliphatic heterocycles. The van der Waals surface area contributed by atoms with Crippen LogP contribution in [0.15, 0.2) is 34.9 Å². The van der Waals surface area contributed by atoms with Gasteiger partial charge in [0.2, 0.25) is 0 Å². The number of carbonyl (C=O) groups is 1. The van der Waals surface area contributed by atoms with Gasteiger partial charge in [-0.1, -0.05) is 39.7 Å². The van der Waals surface area contributed by atoms with Crippen LogP contribution in [0, 0.1) is 5.82 Å². The Kier molecular flexibility index (Phi) is 6.71. The summed E-state index contributed by atoms with van der Waals surface area (Å²) in [6.45, 7) is 1.39. The van der Waals surface area contributed by atoms with E-state index in [0.717, 1.165) is 52.4 Å². The molecule has 2 aromatic carbocycles. The zero-order valence-corrected chi connectivity index (χ0v) is 23.4. The smallest absolute Gasteiger partial charge is 0.335 e. The van der Waals surface area contributed by atoms with E-state index < -0.39 is 11.8 Å². The predicted molar refractivity (Wildman–Crippen MR) is 149 cm³/mol. The highest BCUT2D eigenvalue weighted by Gasteiger charge is 2.41. The van der Waals surface area contributed by atoms with Crippen molar-refractivity contribution < 1.29 is 28.3 Å². The van der Waals surface area contributed by atoms with Crippen LogP contribution in [-0.4, -0.2) is 52.6 Å². The highest BCUT2D eigenvalue weighted by atomic mass is 35.5. The number of hydrogen-bond donors (Lipinski definition) is 1. The first-order chi connectivity index (χ1) is 19.4. The number of fused-ring (bicyclic) bond motifs is 3. The minimum atomic E-state index is -0.954. The van der Waals surface area contributed by atoms with Crippen LogP contribution >= 0.6 is 34.5 Å². The fourth-order valence-corrected chi connectivity index (χ4v) is 7.55. The molecular formula is C28H24Cl2FN3O5S. The Morgan fingerprint density at radius 1 is 1.15 bits per heavy atom. The van der Waals surface area contributed by atoms with Crippen molar-refractivity contribution in [3.05, 3.63) is 63.1 Å². The number of rotatable bonds is 7. The maximum Gasteiger partial charge on any atom is 0.335 e. The second-order valence-corrected chi connectivity index (χ2v) is 12.4. The molecule has 2 bridgehead atoms. The van der Waals surface area contributed by atoms with Crippen LogP contribution in [0.4, 0.5) is 9.52 Å². The number of ether oxygens (including phenoxy) is 2. The summed E-state index contributed by atoms with van der Waals surface area (Å²) in [4.78, 5) is 18.5. The summed E-state index contributed by atoms with van der Waals surface area (Å²) in [7, 11) is 0. The van der Waals surface area contributed by atoms with Gasteiger partial charge in [-0.05, 0) is 56.0 Å². The normalized spacial score (nSPS) is 22.7. The van der Waals surface area contributed by atoms with E-state index >= 15 is 0 Å². The lowest BCUT2D eigenvalue weighted by atomic mass is 9.92. The third-order valence-electron chi connectivity index (χ3n) is 7.80. The molecule has 7 rings (SSSR count). The quantitative estimate of drug-likeness (QED) is 0.243. The molecule has 8 nitrogen and oxygen atoms in total. The lowest BCUT2D eigenvalue weighted by molar-refractivity contribution is -0.0394. The van der Waals surface area contributed by atoms with Gasteiger partial charge in [-0.15, -0.1) is 0 Å². The number of anilines is 1. The van der Waals surface area contributed by atoms with Gasteiger partial charge < -0.3 is 24.0 Å². The molecule has 0 radical (unpaired) electrons. The van der Waals surface area contributed by atoms with E-state index in [1.807, 2.05) is 0 Å². The van der Waals surface area contributed by atoms with Crippen molar-refractivity contribution in [3.63, 3.8) is 0 Å². The first-order valence-electron chi connectivity index (χ1n) is 13.1. The highest BCUT2D eigenvalue weighted by Crippen LogP contribution is 2.47. The molecule has 1 N–H and O–H groups in total. The van der Waals surface area contributed by atoms with E-state index in [1.54, 1.807) is 18.2 Å². The fourth-order valence-electron chi connectivity index (χ4n) is 5.76. The Hall–Kier alpha value is -2.76. The van der Waals surface area contributed by atoms with E-state index in [2.05, 4.69) is 10.1 Å². The van der Waals surface area contributed by atoms with Gasteiger partial charge in [0, 0.05) is 17.0 Å². The standard InChI is InChI=1S/C28H24Cl2FN3O5S/c29-20-6-15(31)7-21(30)24(20)25-19(26(39-33-25)13-1-2-13)12-38-18-8-16-10-37-11-17(9-18)34(16)28-32-22-4-3-14(27(35)36)5-23(22)40-28/h3-7,13,16-18H,1-2,8-12H2,(H,35,36). The molecule has 2 aromatic heterocycles. The largest absolute Gasteiger partial charge is 0.478 e. The molecule has 40 heavy (non-hydrogen) atoms. The van der Waals surface area contributed by atoms with Gasteiger partial charge in [0.15, 0.2) is 5.13 Å². The average Bonchev–Trinajstić information content (AvgIpc) is 3.53. The van der Waals surface area contributed by atoms with Crippen molar-refractivity contribution in [1.29, 1.82) is 0 Å². The Morgan fingerprint density at radius 2 is 1.88 bits per heavy atom. The molecule has 1 aliphatic carbocycles. The number of carboxylic acids is 1. The van der Waals surface area contributed by atoms with Gasteiger partial charge >= 0.3 is 5.97 Å². The van der Waals surface area contributed by atoms with Gasteiger partial charge in [0.1, 0.15) is 17.3 Å². The van der Waals surface area contributed by atoms with Gasteiger partial charge in [-0.3, -0.25) is 0 Å². The third kappa shape index (κ3) is 4.75. The zero-order valence-electron chi connectivity index (χ0n) is 21.1. The van der Waals surface area contributed by atoms with Gasteiger partial charge in [-0.2, -0.15) is 0 Å². The van der Waals surface area contributed by atoms with Crippen molar-refractivity contribution in [2.24, 2.45) is 0 Å². The summed E-state index contributed by atoms with van der Waals surface area (Å²) in [6.07, 6.45) is 3.48. The topological polar surface area (TPSA) is 97.9 Å². The number of aromatic nitrogens is 2. The lowest BCUT2D eigenvalue weighted by Crippen LogP contribution is -2.58. The van der Waals surface area contributed by atoms with Crippen LogP contribution in [0.1, 0.15) is 53.3 Å². The number of benzene rings is 2. The maximum absolute atomic E-state index is 13.9. The Labute approximate surface area is 242 Å². The molecule has 208 valence electrons. The van der Waals surface area contributed by atoms with Crippen molar-refractivity contribution >= 4 is 55.9 Å². The molecule has 4 heterocycles. The molecule has 0 spiro atoms. The van der Waals surface area contributed by atoms with Crippen molar-refractivity contribution in [2.75, 3.05) is 18.1 Å². The Bertz CT molecular complexity index is 1590. The average molecular weight is 604 g/mol. The van der Waals surface area contributed by atoms with Gasteiger partial charge in [0.25, 0.3) is 0 Å². The molecule has 2 saturated heterocycles. The molecular weight excluding hydrogens is 580 g/mol. The zero-order chi connectivity index (χ0) is 27.5. The lowest BCUT2D eigenvalue weighted by Gasteiger charge is -2.48. The van der Waals surface area contributed by atoms with Crippen LogP contribution in [0.5, 0.6) is 0 Å². The molecule has 0 amide bonds. The van der Waals surface area contributed by atoms with E-state index in [1.165, 1.54) is 23.5 Å². The van der Waals surface area contributed by atoms with E-state index in [0.29, 0.717) is 24.5 Å². The van der Waals surface area contributed by atoms with E-state index in [4.69, 9.17) is 42.2 Å². The maximum atomic E-state index is 13.9. The first-order valence-corrected chi connectivity index (χ1v) is 14.7. The molecule has 2 unspecified atom stereocenters. The Morgan fingerprint density at radius 3 is 2.55 bits per heavy atom. The second-order valence-electron chi connectivity index (χ2n) is 10.5. The number of thiazole rings is 1. The summed E-state index contributed by atoms with van der Waals surface area (Å²) in [5, 5.41) is 14.9. The van der Waals surface area contributed by atoms with Crippen LogP contribution in [0.25, 0.3) is 21.5 Å². The molecule has 2 atom stereocenters. The highest BCUT2D eigenvalue weighted by molar-refractivity contribution is 7.22. The minimum absolute atomic E-state index is 0.0305. The number of morpholine rings is 1. The number of halogens is 3. The SMILES string of the molecule is O=C(O)c1ccc2nc(N3C4COCC3CC(OCc3c(-c5c(Cl)cc(F)cc5Cl)noc3C3CC3)C4)sc2c1. The van der Waals surface area contributed by atoms with Crippen molar-refractivity contribution in [2.45, 2.75) is 56.4 Å². The third-order valence-corrected chi connectivity index (χ3v) is 9.42. The summed E-state index contributed by atoms with van der Waals surface area (Å²) >= 11 is 14.3. The van der Waals surface area contributed by atoms with Crippen LogP contribution < -0.4 is 4.90 Å². The van der Waals surface area contributed by atoms with Crippen LogP contribution in [-0.2, 0) is 16.1 Å². The molecule has 3 fully saturated rings. The number of nitrogens with zero attached hydrogens (tertiary/aromatic N) is 3. The predicted octanol–water partition coefficient (Wildman–Crippen LogP) is 6.93. The van der Waals surface area contributed by atoms with Gasteiger partial charge in [0.05, 0.1) is 63.8 Å². The molecule has 4 aromatic rings. The number of piperidine rings is 1. The summed E-state index contributed by atoms with van der Waals surface area (Å²) in [5.74, 6) is -0.404. The molecule has 1 saturated carbocycles. The van der Waals surface area contributed by atoms with Crippen molar-refractivity contribution in [3.8, 4) is 11.3 Å². The van der Waals surface area contributed by atoms with E-state index in [9.17, 15) is 14.3 Å². The fraction of sp³-hybridized carbons (Fsp3) is 0.393. The minimum Gasteiger partial charge on any atom is -0.478 e. The number of hydrogen-bond acceptors (Lipinski definition) is 8. The van der Waals surface area contributed by atoms with Gasteiger partial charge in [-0.25, -0.2) is 14.2 Å². The first kappa shape index (κ1) is 26.2. The second kappa shape index (κ2) is 10.3. The Balaban J connectivity index is 1.12. The summed E-state index contributed by atoms with van der Waals surface area (Å²) < 4.78 is 32.9. The number of aromatic carboxylic acids is 1. The summed E-state index contributed by atoms with van der Waals surface area (Å²) in [6, 6.07) is 7.61. The van der Waals surface area contributed by atoms with Crippen molar-refractivity contribution in [1.82, 2.24) is 10.1 Å². The number of carboxylic acid groups (broad SMARTS) is 1. The van der Waals surface area contributed by atoms with E-state index in [-0.39, 0.29) is 46.3 Å². The molecule has 12 heteroatoms. The van der Waals surface area contributed by atoms with Crippen LogP contribution in [0.2, 0.25) is 10.0 Å².